The molecule has 0 fully saturated rings. The highest BCUT2D eigenvalue weighted by atomic mass is 35.5. The van der Waals surface area contributed by atoms with Crippen LogP contribution in [0.25, 0.3) is 0 Å². The van der Waals surface area contributed by atoms with Crippen LogP contribution >= 0.6 is 11.6 Å². The van der Waals surface area contributed by atoms with Crippen molar-refractivity contribution in [2.24, 2.45) is 0 Å². The first kappa shape index (κ1) is 13.0. The predicted molar refractivity (Wildman–Crippen MR) is 67.6 cm³/mol. The molecule has 0 aliphatic rings. The van der Waals surface area contributed by atoms with E-state index in [0.29, 0.717) is 12.0 Å². The van der Waals surface area contributed by atoms with Crippen molar-refractivity contribution in [2.75, 3.05) is 0 Å². The third kappa shape index (κ3) is 3.26. The van der Waals surface area contributed by atoms with Crippen molar-refractivity contribution < 1.29 is 8.78 Å². The summed E-state index contributed by atoms with van der Waals surface area (Å²) in [5.41, 5.74) is 2.28. The maximum Gasteiger partial charge on any atom is 0.126 e. The molecule has 1 aromatic carbocycles. The highest BCUT2D eigenvalue weighted by Crippen LogP contribution is 2.25. The lowest BCUT2D eigenvalue weighted by molar-refractivity contribution is 0.578. The molecular formula is C14H12ClF2N. The largest absolute Gasteiger partial charge is 0.261 e. The normalized spacial score (nSPS) is 12.4. The molecule has 0 bridgehead atoms. The minimum atomic E-state index is -0.618. The second-order valence-corrected chi connectivity index (χ2v) is 4.73. The van der Waals surface area contributed by atoms with Crippen LogP contribution in [0, 0.1) is 18.6 Å². The van der Waals surface area contributed by atoms with Crippen LogP contribution in [-0.4, -0.2) is 4.98 Å². The summed E-state index contributed by atoms with van der Waals surface area (Å²) in [5.74, 6) is -1.24. The average Bonchev–Trinajstić information content (AvgIpc) is 2.31. The highest BCUT2D eigenvalue weighted by molar-refractivity contribution is 6.20. The van der Waals surface area contributed by atoms with Crippen LogP contribution in [0.5, 0.6) is 0 Å². The van der Waals surface area contributed by atoms with E-state index in [9.17, 15) is 8.78 Å². The van der Waals surface area contributed by atoms with Crippen LogP contribution in [-0.2, 0) is 6.42 Å². The molecule has 4 heteroatoms. The summed E-state index contributed by atoms with van der Waals surface area (Å²) in [6.07, 6.45) is 2.18. The Hall–Kier alpha value is -1.48. The van der Waals surface area contributed by atoms with Crippen molar-refractivity contribution >= 4 is 11.6 Å². The Balaban J connectivity index is 2.16. The molecular weight excluding hydrogens is 256 g/mol. The number of alkyl halides is 1. The number of hydrogen-bond donors (Lipinski definition) is 0. The Kier molecular flexibility index (Phi) is 3.92. The SMILES string of the molecule is Cc1ccc(CC(Cl)c2cc(F)cc(F)c2)nc1. The number of aromatic nitrogens is 1. The lowest BCUT2D eigenvalue weighted by Crippen LogP contribution is -1.99. The number of hydrogen-bond acceptors (Lipinski definition) is 1. The lowest BCUT2D eigenvalue weighted by Gasteiger charge is -2.10. The molecule has 0 aliphatic carbocycles. The Morgan fingerprint density at radius 3 is 2.39 bits per heavy atom. The summed E-state index contributed by atoms with van der Waals surface area (Å²) in [4.78, 5) is 4.22. The van der Waals surface area contributed by atoms with E-state index in [2.05, 4.69) is 4.98 Å². The molecule has 0 amide bonds. The van der Waals surface area contributed by atoms with Crippen molar-refractivity contribution in [1.82, 2.24) is 4.98 Å². The molecule has 0 radical (unpaired) electrons. The molecule has 2 rings (SSSR count). The van der Waals surface area contributed by atoms with E-state index in [-0.39, 0.29) is 0 Å². The van der Waals surface area contributed by atoms with Crippen LogP contribution in [0.1, 0.15) is 22.2 Å². The van der Waals surface area contributed by atoms with Gasteiger partial charge in [0.2, 0.25) is 0 Å². The van der Waals surface area contributed by atoms with Crippen molar-refractivity contribution in [2.45, 2.75) is 18.7 Å². The maximum atomic E-state index is 13.1. The van der Waals surface area contributed by atoms with E-state index >= 15 is 0 Å². The smallest absolute Gasteiger partial charge is 0.126 e. The Morgan fingerprint density at radius 2 is 1.83 bits per heavy atom. The van der Waals surface area contributed by atoms with Crippen molar-refractivity contribution in [3.63, 3.8) is 0 Å². The quantitative estimate of drug-likeness (QED) is 0.760. The zero-order chi connectivity index (χ0) is 13.1. The van der Waals surface area contributed by atoms with Gasteiger partial charge in [0.1, 0.15) is 11.6 Å². The summed E-state index contributed by atoms with van der Waals surface area (Å²) >= 11 is 6.15. The number of nitrogens with zero attached hydrogens (tertiary/aromatic N) is 1. The molecule has 1 heterocycles. The van der Waals surface area contributed by atoms with E-state index in [1.165, 1.54) is 12.1 Å². The summed E-state index contributed by atoms with van der Waals surface area (Å²) in [7, 11) is 0. The van der Waals surface area contributed by atoms with Gasteiger partial charge in [-0.3, -0.25) is 4.98 Å². The van der Waals surface area contributed by atoms with Gasteiger partial charge in [-0.1, -0.05) is 6.07 Å². The van der Waals surface area contributed by atoms with Gasteiger partial charge < -0.3 is 0 Å². The first-order valence-corrected chi connectivity index (χ1v) is 6.00. The number of pyridine rings is 1. The standard InChI is InChI=1S/C14H12ClF2N/c1-9-2-3-13(18-8-9)7-14(15)10-4-11(16)6-12(17)5-10/h2-6,8,14H,7H2,1H3. The first-order chi connectivity index (χ1) is 8.54. The number of halogens is 3. The van der Waals surface area contributed by atoms with Crippen LogP contribution in [0.3, 0.4) is 0 Å². The van der Waals surface area contributed by atoms with Gasteiger partial charge in [0, 0.05) is 24.4 Å². The van der Waals surface area contributed by atoms with Gasteiger partial charge >= 0.3 is 0 Å². The molecule has 2 aromatic rings. The fraction of sp³-hybridized carbons (Fsp3) is 0.214. The summed E-state index contributed by atoms with van der Waals surface area (Å²) in [6.45, 7) is 1.94. The minimum Gasteiger partial charge on any atom is -0.261 e. The number of rotatable bonds is 3. The van der Waals surface area contributed by atoms with Crippen LogP contribution < -0.4 is 0 Å². The van der Waals surface area contributed by atoms with Crippen molar-refractivity contribution in [3.8, 4) is 0 Å². The molecule has 1 atom stereocenters. The van der Waals surface area contributed by atoms with E-state index in [1.54, 1.807) is 6.20 Å². The minimum absolute atomic E-state index is 0.427. The molecule has 0 aliphatic heterocycles. The van der Waals surface area contributed by atoms with Gasteiger partial charge in [0.15, 0.2) is 0 Å². The van der Waals surface area contributed by atoms with E-state index < -0.39 is 17.0 Å². The second kappa shape index (κ2) is 5.44. The predicted octanol–water partition coefficient (Wildman–Crippen LogP) is 4.19. The fourth-order valence-electron chi connectivity index (χ4n) is 1.68. The average molecular weight is 268 g/mol. The van der Waals surface area contributed by atoms with E-state index in [1.807, 2.05) is 19.1 Å². The molecule has 1 aromatic heterocycles. The van der Waals surface area contributed by atoms with Gasteiger partial charge in [-0.25, -0.2) is 8.78 Å². The van der Waals surface area contributed by atoms with Gasteiger partial charge in [-0.15, -0.1) is 11.6 Å². The third-order valence-electron chi connectivity index (χ3n) is 2.61. The van der Waals surface area contributed by atoms with Gasteiger partial charge in [-0.05, 0) is 36.2 Å². The molecule has 0 N–H and O–H groups in total. The van der Waals surface area contributed by atoms with Crippen molar-refractivity contribution in [1.29, 1.82) is 0 Å². The molecule has 0 spiro atoms. The Morgan fingerprint density at radius 1 is 1.17 bits per heavy atom. The molecule has 0 saturated carbocycles. The summed E-state index contributed by atoms with van der Waals surface area (Å²) < 4.78 is 26.1. The summed E-state index contributed by atoms with van der Waals surface area (Å²) in [5, 5.41) is -0.495. The molecule has 0 saturated heterocycles. The third-order valence-corrected chi connectivity index (χ3v) is 3.01. The zero-order valence-electron chi connectivity index (χ0n) is 9.83. The van der Waals surface area contributed by atoms with E-state index in [0.717, 1.165) is 17.3 Å². The zero-order valence-corrected chi connectivity index (χ0v) is 10.6. The van der Waals surface area contributed by atoms with Gasteiger partial charge in [-0.2, -0.15) is 0 Å². The number of aryl methyl sites for hydroxylation is 1. The molecule has 1 nitrogen and oxygen atoms in total. The molecule has 94 valence electrons. The van der Waals surface area contributed by atoms with Crippen LogP contribution in [0.15, 0.2) is 36.5 Å². The second-order valence-electron chi connectivity index (χ2n) is 4.20. The fourth-order valence-corrected chi connectivity index (χ4v) is 1.96. The Bertz CT molecular complexity index is 520. The number of benzene rings is 1. The van der Waals surface area contributed by atoms with Gasteiger partial charge in [0.05, 0.1) is 5.38 Å². The maximum absolute atomic E-state index is 13.1. The molecule has 1 unspecified atom stereocenters. The van der Waals surface area contributed by atoms with Crippen LogP contribution in [0.2, 0.25) is 0 Å². The summed E-state index contributed by atoms with van der Waals surface area (Å²) in [6, 6.07) is 7.11. The van der Waals surface area contributed by atoms with E-state index in [4.69, 9.17) is 11.6 Å². The molecule has 18 heavy (non-hydrogen) atoms. The van der Waals surface area contributed by atoms with Crippen LogP contribution in [0.4, 0.5) is 8.78 Å². The highest BCUT2D eigenvalue weighted by Gasteiger charge is 2.12. The monoisotopic (exact) mass is 267 g/mol. The lowest BCUT2D eigenvalue weighted by atomic mass is 10.1. The van der Waals surface area contributed by atoms with Gasteiger partial charge in [0.25, 0.3) is 0 Å². The first-order valence-electron chi connectivity index (χ1n) is 5.56. The Labute approximate surface area is 109 Å². The topological polar surface area (TPSA) is 12.9 Å². The van der Waals surface area contributed by atoms with Crippen molar-refractivity contribution in [3.05, 3.63) is 65.0 Å².